The standard InChI is InChI=1S/C14H20N2O/c1-5-6-14(17)16-15-9-13-11(3)7-10(2)8-12(13)4/h7-9H,5-6H2,1-4H3,(H,16,17)/b15-9+. The molecule has 0 aliphatic heterocycles. The zero-order valence-corrected chi connectivity index (χ0v) is 11.0. The number of rotatable bonds is 4. The Morgan fingerprint density at radius 1 is 1.29 bits per heavy atom. The van der Waals surface area contributed by atoms with Crippen molar-refractivity contribution in [3.05, 3.63) is 34.4 Å². The molecule has 1 aromatic rings. The molecular weight excluding hydrogens is 212 g/mol. The van der Waals surface area contributed by atoms with Crippen molar-refractivity contribution >= 4 is 12.1 Å². The smallest absolute Gasteiger partial charge is 0.240 e. The molecule has 17 heavy (non-hydrogen) atoms. The van der Waals surface area contributed by atoms with E-state index in [-0.39, 0.29) is 5.91 Å². The van der Waals surface area contributed by atoms with Gasteiger partial charge in [0.05, 0.1) is 6.21 Å². The van der Waals surface area contributed by atoms with Gasteiger partial charge >= 0.3 is 0 Å². The fourth-order valence-corrected chi connectivity index (χ4v) is 1.85. The number of hydrogen-bond acceptors (Lipinski definition) is 2. The Labute approximate surface area is 103 Å². The van der Waals surface area contributed by atoms with E-state index in [9.17, 15) is 4.79 Å². The van der Waals surface area contributed by atoms with E-state index in [1.54, 1.807) is 6.21 Å². The number of carbonyl (C=O) groups excluding carboxylic acids is 1. The lowest BCUT2D eigenvalue weighted by molar-refractivity contribution is -0.121. The summed E-state index contributed by atoms with van der Waals surface area (Å²) in [4.78, 5) is 11.2. The highest BCUT2D eigenvalue weighted by Crippen LogP contribution is 2.13. The molecule has 0 atom stereocenters. The van der Waals surface area contributed by atoms with Crippen molar-refractivity contribution < 1.29 is 4.79 Å². The number of amides is 1. The Hall–Kier alpha value is -1.64. The van der Waals surface area contributed by atoms with Crippen molar-refractivity contribution in [2.24, 2.45) is 5.10 Å². The molecule has 0 saturated heterocycles. The first-order valence-corrected chi connectivity index (χ1v) is 5.94. The van der Waals surface area contributed by atoms with Gasteiger partial charge in [0.1, 0.15) is 0 Å². The molecule has 0 bridgehead atoms. The van der Waals surface area contributed by atoms with Crippen LogP contribution in [0.3, 0.4) is 0 Å². The van der Waals surface area contributed by atoms with Gasteiger partial charge in [0.15, 0.2) is 0 Å². The quantitative estimate of drug-likeness (QED) is 0.629. The summed E-state index contributed by atoms with van der Waals surface area (Å²) in [6.07, 6.45) is 3.07. The lowest BCUT2D eigenvalue weighted by Crippen LogP contribution is -2.16. The zero-order chi connectivity index (χ0) is 12.8. The zero-order valence-electron chi connectivity index (χ0n) is 11.0. The van der Waals surface area contributed by atoms with Gasteiger partial charge in [-0.15, -0.1) is 0 Å². The Balaban J connectivity index is 2.75. The molecule has 1 rings (SSSR count). The van der Waals surface area contributed by atoms with E-state index in [2.05, 4.69) is 43.4 Å². The van der Waals surface area contributed by atoms with E-state index in [0.717, 1.165) is 12.0 Å². The van der Waals surface area contributed by atoms with E-state index in [1.165, 1.54) is 16.7 Å². The first-order valence-electron chi connectivity index (χ1n) is 5.94. The molecule has 3 heteroatoms. The van der Waals surface area contributed by atoms with Crippen molar-refractivity contribution in [3.63, 3.8) is 0 Å². The number of hydrazone groups is 1. The van der Waals surface area contributed by atoms with Crippen molar-refractivity contribution in [1.29, 1.82) is 0 Å². The Bertz CT molecular complexity index is 413. The maximum Gasteiger partial charge on any atom is 0.240 e. The molecule has 0 aliphatic rings. The van der Waals surface area contributed by atoms with E-state index in [4.69, 9.17) is 0 Å². The Morgan fingerprint density at radius 3 is 2.41 bits per heavy atom. The van der Waals surface area contributed by atoms with E-state index >= 15 is 0 Å². The number of carbonyl (C=O) groups is 1. The van der Waals surface area contributed by atoms with Gasteiger partial charge in [-0.2, -0.15) is 5.10 Å². The van der Waals surface area contributed by atoms with Crippen LogP contribution in [0.25, 0.3) is 0 Å². The summed E-state index contributed by atoms with van der Waals surface area (Å²) in [5, 5.41) is 3.99. The number of nitrogens with one attached hydrogen (secondary N) is 1. The van der Waals surface area contributed by atoms with Gasteiger partial charge in [0, 0.05) is 12.0 Å². The summed E-state index contributed by atoms with van der Waals surface area (Å²) in [7, 11) is 0. The second-order valence-corrected chi connectivity index (χ2v) is 4.36. The molecule has 1 N–H and O–H groups in total. The third kappa shape index (κ3) is 4.02. The molecule has 3 nitrogen and oxygen atoms in total. The van der Waals surface area contributed by atoms with Crippen LogP contribution in [-0.2, 0) is 4.79 Å². The van der Waals surface area contributed by atoms with Crippen LogP contribution in [0.2, 0.25) is 0 Å². The van der Waals surface area contributed by atoms with Crippen molar-refractivity contribution in [2.45, 2.75) is 40.5 Å². The molecule has 1 amide bonds. The summed E-state index contributed by atoms with van der Waals surface area (Å²) in [5.41, 5.74) is 7.20. The van der Waals surface area contributed by atoms with Crippen LogP contribution < -0.4 is 5.43 Å². The first-order chi connectivity index (χ1) is 8.04. The number of benzene rings is 1. The summed E-state index contributed by atoms with van der Waals surface area (Å²) in [5.74, 6) is -0.0360. The van der Waals surface area contributed by atoms with Crippen LogP contribution in [0.1, 0.15) is 42.0 Å². The average Bonchev–Trinajstić information content (AvgIpc) is 2.22. The van der Waals surface area contributed by atoms with Crippen LogP contribution in [0.5, 0.6) is 0 Å². The van der Waals surface area contributed by atoms with E-state index < -0.39 is 0 Å². The molecule has 0 radical (unpaired) electrons. The minimum atomic E-state index is -0.0360. The highest BCUT2D eigenvalue weighted by molar-refractivity contribution is 5.85. The molecule has 1 aromatic carbocycles. The molecule has 0 saturated carbocycles. The fraction of sp³-hybridized carbons (Fsp3) is 0.429. The largest absolute Gasteiger partial charge is 0.273 e. The summed E-state index contributed by atoms with van der Waals surface area (Å²) >= 11 is 0. The molecule has 92 valence electrons. The maximum atomic E-state index is 11.2. The average molecular weight is 232 g/mol. The van der Waals surface area contributed by atoms with Gasteiger partial charge in [-0.25, -0.2) is 5.43 Å². The topological polar surface area (TPSA) is 41.5 Å². The molecule has 0 heterocycles. The van der Waals surface area contributed by atoms with Crippen LogP contribution in [0.15, 0.2) is 17.2 Å². The lowest BCUT2D eigenvalue weighted by atomic mass is 10.0. The molecule has 0 aromatic heterocycles. The number of aryl methyl sites for hydroxylation is 3. The predicted molar refractivity (Wildman–Crippen MR) is 71.3 cm³/mol. The maximum absolute atomic E-state index is 11.2. The molecule has 0 fully saturated rings. The molecule has 0 spiro atoms. The van der Waals surface area contributed by atoms with Crippen molar-refractivity contribution in [2.75, 3.05) is 0 Å². The van der Waals surface area contributed by atoms with Crippen LogP contribution in [0.4, 0.5) is 0 Å². The number of hydrogen-bond donors (Lipinski definition) is 1. The van der Waals surface area contributed by atoms with Crippen molar-refractivity contribution in [3.8, 4) is 0 Å². The van der Waals surface area contributed by atoms with Gasteiger partial charge in [0.2, 0.25) is 5.91 Å². The minimum absolute atomic E-state index is 0.0360. The van der Waals surface area contributed by atoms with Gasteiger partial charge in [-0.05, 0) is 38.3 Å². The van der Waals surface area contributed by atoms with Gasteiger partial charge < -0.3 is 0 Å². The molecular formula is C14H20N2O. The summed E-state index contributed by atoms with van der Waals surface area (Å²) in [6, 6.07) is 4.23. The highest BCUT2D eigenvalue weighted by atomic mass is 16.2. The van der Waals surface area contributed by atoms with Crippen molar-refractivity contribution in [1.82, 2.24) is 5.43 Å². The summed E-state index contributed by atoms with van der Waals surface area (Å²) in [6.45, 7) is 8.14. The molecule has 0 aliphatic carbocycles. The van der Waals surface area contributed by atoms with Gasteiger partial charge in [0.25, 0.3) is 0 Å². The third-order valence-corrected chi connectivity index (χ3v) is 2.60. The normalized spacial score (nSPS) is 10.8. The fourth-order valence-electron chi connectivity index (χ4n) is 1.85. The van der Waals surface area contributed by atoms with E-state index in [1.807, 2.05) is 6.92 Å². The summed E-state index contributed by atoms with van der Waals surface area (Å²) < 4.78 is 0. The van der Waals surface area contributed by atoms with Crippen LogP contribution >= 0.6 is 0 Å². The minimum Gasteiger partial charge on any atom is -0.273 e. The first kappa shape index (κ1) is 13.4. The second-order valence-electron chi connectivity index (χ2n) is 4.36. The molecule has 0 unspecified atom stereocenters. The monoisotopic (exact) mass is 232 g/mol. The van der Waals surface area contributed by atoms with Gasteiger partial charge in [-0.3, -0.25) is 4.79 Å². The Morgan fingerprint density at radius 2 is 1.88 bits per heavy atom. The lowest BCUT2D eigenvalue weighted by Gasteiger charge is -2.06. The second kappa shape index (κ2) is 6.18. The van der Waals surface area contributed by atoms with Crippen LogP contribution in [0, 0.1) is 20.8 Å². The SMILES string of the molecule is CCCC(=O)N/N=C/c1c(C)cc(C)cc1C. The third-order valence-electron chi connectivity index (χ3n) is 2.60. The Kier molecular flexibility index (Phi) is 4.88. The number of nitrogens with zero attached hydrogens (tertiary/aromatic N) is 1. The predicted octanol–water partition coefficient (Wildman–Crippen LogP) is 2.86. The van der Waals surface area contributed by atoms with E-state index in [0.29, 0.717) is 6.42 Å². The van der Waals surface area contributed by atoms with Gasteiger partial charge in [-0.1, -0.05) is 24.6 Å². The van der Waals surface area contributed by atoms with Crippen LogP contribution in [-0.4, -0.2) is 12.1 Å². The highest BCUT2D eigenvalue weighted by Gasteiger charge is 2.01.